The summed E-state index contributed by atoms with van der Waals surface area (Å²) in [6.45, 7) is 6.95. The number of nitrogens with zero attached hydrogens (tertiary/aromatic N) is 3. The van der Waals surface area contributed by atoms with Crippen molar-refractivity contribution in [3.63, 3.8) is 0 Å². The minimum Gasteiger partial charge on any atom is -0.465 e. The average molecular weight is 315 g/mol. The lowest BCUT2D eigenvalue weighted by atomic mass is 10.2. The Morgan fingerprint density at radius 3 is 2.61 bits per heavy atom. The van der Waals surface area contributed by atoms with Crippen molar-refractivity contribution in [2.45, 2.75) is 20.8 Å². The van der Waals surface area contributed by atoms with Gasteiger partial charge in [0.2, 0.25) is 6.19 Å². The van der Waals surface area contributed by atoms with E-state index in [4.69, 9.17) is 14.7 Å². The molecule has 1 aromatic rings. The van der Waals surface area contributed by atoms with Gasteiger partial charge in [0, 0.05) is 12.2 Å². The lowest BCUT2D eigenvalue weighted by Crippen LogP contribution is -2.31. The van der Waals surface area contributed by atoms with Crippen molar-refractivity contribution in [3.8, 4) is 11.9 Å². The summed E-state index contributed by atoms with van der Waals surface area (Å²) in [5, 5.41) is 8.31. The monoisotopic (exact) mass is 315 g/mol. The molecule has 0 aromatic heterocycles. The molecule has 0 radical (unpaired) electrons. The molecule has 6 heteroatoms. The van der Waals surface area contributed by atoms with E-state index in [1.165, 1.54) is 5.57 Å². The van der Waals surface area contributed by atoms with Crippen LogP contribution in [0.3, 0.4) is 0 Å². The first-order valence-electron chi connectivity index (χ1n) is 7.28. The van der Waals surface area contributed by atoms with E-state index in [9.17, 15) is 4.79 Å². The number of anilines is 1. The Balaban J connectivity index is 2.84. The maximum Gasteiger partial charge on any atom is 0.325 e. The molecule has 0 aliphatic rings. The zero-order valence-corrected chi connectivity index (χ0v) is 13.7. The minimum absolute atomic E-state index is 0.174. The first-order chi connectivity index (χ1) is 11.1. The van der Waals surface area contributed by atoms with Gasteiger partial charge in [-0.05, 0) is 45.0 Å². The third-order valence-corrected chi connectivity index (χ3v) is 2.85. The fraction of sp³-hybridized carbons (Fsp3) is 0.353. The van der Waals surface area contributed by atoms with Gasteiger partial charge >= 0.3 is 5.97 Å². The van der Waals surface area contributed by atoms with Gasteiger partial charge in [-0.1, -0.05) is 11.6 Å². The quantitative estimate of drug-likeness (QED) is 0.242. The minimum atomic E-state index is -0.267. The number of benzene rings is 1. The van der Waals surface area contributed by atoms with Crippen LogP contribution in [0.15, 0.2) is 40.9 Å². The first-order valence-corrected chi connectivity index (χ1v) is 7.28. The van der Waals surface area contributed by atoms with Gasteiger partial charge in [0.05, 0.1) is 6.61 Å². The topological polar surface area (TPSA) is 74.9 Å². The van der Waals surface area contributed by atoms with Crippen molar-refractivity contribution in [3.05, 3.63) is 35.9 Å². The maximum absolute atomic E-state index is 11.8. The second kappa shape index (κ2) is 10.0. The van der Waals surface area contributed by atoms with Crippen molar-refractivity contribution in [1.29, 1.82) is 5.26 Å². The van der Waals surface area contributed by atoms with Gasteiger partial charge in [0.1, 0.15) is 12.3 Å². The van der Waals surface area contributed by atoms with E-state index < -0.39 is 0 Å². The Morgan fingerprint density at radius 2 is 2.04 bits per heavy atom. The number of nitriles is 1. The van der Waals surface area contributed by atoms with Crippen molar-refractivity contribution in [2.24, 2.45) is 4.99 Å². The van der Waals surface area contributed by atoms with Gasteiger partial charge in [-0.15, -0.1) is 4.99 Å². The number of hydrogen-bond donors (Lipinski definition) is 0. The van der Waals surface area contributed by atoms with E-state index in [0.29, 0.717) is 18.9 Å². The van der Waals surface area contributed by atoms with Crippen LogP contribution in [0.5, 0.6) is 5.75 Å². The van der Waals surface area contributed by atoms with E-state index >= 15 is 0 Å². The molecule has 0 saturated carbocycles. The number of hydrogen-bond acceptors (Lipinski definition) is 6. The molecule has 122 valence electrons. The number of aliphatic imine (C=N–C) groups is 1. The molecule has 6 nitrogen and oxygen atoms in total. The number of allylic oxidation sites excluding steroid dienone is 1. The molecule has 0 spiro atoms. The van der Waals surface area contributed by atoms with Gasteiger partial charge < -0.3 is 14.4 Å². The van der Waals surface area contributed by atoms with Crippen LogP contribution >= 0.6 is 0 Å². The van der Waals surface area contributed by atoms with E-state index in [1.807, 2.05) is 37.0 Å². The molecular weight excluding hydrogens is 294 g/mol. The predicted octanol–water partition coefficient (Wildman–Crippen LogP) is 2.91. The summed E-state index contributed by atoms with van der Waals surface area (Å²) in [7, 11) is 0. The molecule has 0 heterocycles. The van der Waals surface area contributed by atoms with E-state index in [2.05, 4.69) is 4.99 Å². The van der Waals surface area contributed by atoms with Crippen molar-refractivity contribution in [2.75, 3.05) is 24.6 Å². The van der Waals surface area contributed by atoms with Gasteiger partial charge in [-0.3, -0.25) is 4.79 Å². The zero-order valence-electron chi connectivity index (χ0n) is 13.7. The second-order valence-electron chi connectivity index (χ2n) is 4.91. The van der Waals surface area contributed by atoms with E-state index in [0.717, 1.165) is 12.1 Å². The van der Waals surface area contributed by atoms with E-state index in [-0.39, 0.29) is 12.5 Å². The molecule has 0 amide bonds. The van der Waals surface area contributed by atoms with Crippen LogP contribution in [0.1, 0.15) is 20.8 Å². The number of esters is 1. The Hall–Kier alpha value is -2.81. The summed E-state index contributed by atoms with van der Waals surface area (Å²) in [6, 6.07) is 7.18. The van der Waals surface area contributed by atoms with E-state index in [1.54, 1.807) is 25.2 Å². The van der Waals surface area contributed by atoms with Gasteiger partial charge in [0.15, 0.2) is 6.40 Å². The van der Waals surface area contributed by atoms with Crippen LogP contribution in [0.25, 0.3) is 0 Å². The normalized spacial score (nSPS) is 10.0. The lowest BCUT2D eigenvalue weighted by molar-refractivity contribution is -0.141. The Kier molecular flexibility index (Phi) is 7.94. The highest BCUT2D eigenvalue weighted by atomic mass is 16.5. The Labute approximate surface area is 136 Å². The molecular formula is C17H21N3O3. The van der Waals surface area contributed by atoms with Gasteiger partial charge in [-0.25, -0.2) is 0 Å². The average Bonchev–Trinajstić information content (AvgIpc) is 2.52. The van der Waals surface area contributed by atoms with Crippen LogP contribution in [-0.2, 0) is 9.53 Å². The van der Waals surface area contributed by atoms with Crippen molar-refractivity contribution in [1.82, 2.24) is 0 Å². The SMILES string of the molecule is CCOC(=O)CN(CC=C(C)C)c1ccc(OC=NC#N)cc1. The van der Waals surface area contributed by atoms with Crippen LogP contribution < -0.4 is 9.64 Å². The number of rotatable bonds is 8. The Bertz CT molecular complexity index is 597. The summed E-state index contributed by atoms with van der Waals surface area (Å²) in [4.78, 5) is 17.0. The highest BCUT2D eigenvalue weighted by Gasteiger charge is 2.11. The number of ether oxygens (including phenoxy) is 2. The highest BCUT2D eigenvalue weighted by molar-refractivity contribution is 5.76. The van der Waals surface area contributed by atoms with Gasteiger partial charge in [0.25, 0.3) is 0 Å². The largest absolute Gasteiger partial charge is 0.465 e. The molecule has 0 aliphatic carbocycles. The van der Waals surface area contributed by atoms with Gasteiger partial charge in [-0.2, -0.15) is 5.26 Å². The number of carbonyl (C=O) groups is 1. The summed E-state index contributed by atoms with van der Waals surface area (Å²) in [5.41, 5.74) is 2.05. The van der Waals surface area contributed by atoms with Crippen LogP contribution in [0.4, 0.5) is 5.69 Å². The first kappa shape index (κ1) is 18.2. The Morgan fingerprint density at radius 1 is 1.35 bits per heavy atom. The summed E-state index contributed by atoms with van der Waals surface area (Å²) in [5.74, 6) is 0.294. The molecule has 0 fully saturated rings. The van der Waals surface area contributed by atoms with Crippen LogP contribution in [0.2, 0.25) is 0 Å². The number of carbonyl (C=O) groups excluding carboxylic acids is 1. The molecule has 0 unspecified atom stereocenters. The third kappa shape index (κ3) is 7.14. The fourth-order valence-corrected chi connectivity index (χ4v) is 1.76. The molecule has 0 aliphatic heterocycles. The molecule has 0 N–H and O–H groups in total. The van der Waals surface area contributed by atoms with Crippen molar-refractivity contribution < 1.29 is 14.3 Å². The van der Waals surface area contributed by atoms with Crippen LogP contribution in [0, 0.1) is 11.5 Å². The molecule has 0 saturated heterocycles. The highest BCUT2D eigenvalue weighted by Crippen LogP contribution is 2.19. The lowest BCUT2D eigenvalue weighted by Gasteiger charge is -2.22. The zero-order chi connectivity index (χ0) is 17.1. The molecule has 0 atom stereocenters. The van der Waals surface area contributed by atoms with Crippen LogP contribution in [-0.4, -0.2) is 32.1 Å². The fourth-order valence-electron chi connectivity index (χ4n) is 1.76. The second-order valence-corrected chi connectivity index (χ2v) is 4.91. The third-order valence-electron chi connectivity index (χ3n) is 2.85. The summed E-state index contributed by atoms with van der Waals surface area (Å²) >= 11 is 0. The summed E-state index contributed by atoms with van der Waals surface area (Å²) in [6.07, 6.45) is 4.73. The maximum atomic E-state index is 11.8. The predicted molar refractivity (Wildman–Crippen MR) is 89.5 cm³/mol. The summed E-state index contributed by atoms with van der Waals surface area (Å²) < 4.78 is 10.2. The molecule has 1 aromatic carbocycles. The molecule has 23 heavy (non-hydrogen) atoms. The van der Waals surface area contributed by atoms with Crippen molar-refractivity contribution >= 4 is 18.1 Å². The molecule has 1 rings (SSSR count). The molecule has 0 bridgehead atoms. The smallest absolute Gasteiger partial charge is 0.325 e. The standard InChI is InChI=1S/C17H21N3O3/c1-4-22-17(21)11-20(10-9-14(2)3)15-5-7-16(8-6-15)23-13-19-12-18/h5-9,13H,4,10-11H2,1-3H3.